The topological polar surface area (TPSA) is 0 Å². The molecule has 0 unspecified atom stereocenters. The average molecular weight is 343 g/mol. The van der Waals surface area contributed by atoms with Crippen molar-refractivity contribution in [2.75, 3.05) is 0 Å². The van der Waals surface area contributed by atoms with Gasteiger partial charge in [-0.05, 0) is 24.3 Å². The van der Waals surface area contributed by atoms with Crippen LogP contribution in [0.3, 0.4) is 0 Å². The van der Waals surface area contributed by atoms with Crippen LogP contribution < -0.4 is 0 Å². The molecular weight excluding hydrogens is 336 g/mol. The zero-order valence-electron chi connectivity index (χ0n) is 7.71. The summed E-state index contributed by atoms with van der Waals surface area (Å²) in [5, 5.41) is 0. The summed E-state index contributed by atoms with van der Waals surface area (Å²) in [5.74, 6) is 0. The molecule has 0 aliphatic rings. The molecule has 0 fully saturated rings. The molecule has 0 N–H and O–H groups in total. The van der Waals surface area contributed by atoms with E-state index in [4.69, 9.17) is 0 Å². The molecule has 0 nitrogen and oxygen atoms in total. The lowest BCUT2D eigenvalue weighted by Gasteiger charge is -2.02. The molecule has 3 heteroatoms. The van der Waals surface area contributed by atoms with Gasteiger partial charge >= 0.3 is 0 Å². The first-order valence-electron chi connectivity index (χ1n) is 4.35. The van der Waals surface area contributed by atoms with E-state index >= 15 is 0 Å². The molecule has 0 saturated heterocycles. The normalized spacial score (nSPS) is 10.3. The van der Waals surface area contributed by atoms with Crippen LogP contribution in [0.15, 0.2) is 61.2 Å². The molecule has 0 spiro atoms. The molecule has 1 radical (unpaired) electrons. The lowest BCUT2D eigenvalue weighted by atomic mass is 10.4. The molecule has 0 saturated carbocycles. The number of rotatable bonds is 2. The summed E-state index contributed by atoms with van der Waals surface area (Å²) in [6, 6.07) is 17.5. The molecule has 0 amide bonds. The summed E-state index contributed by atoms with van der Waals surface area (Å²) >= 11 is 8.59. The molecule has 0 aromatic heterocycles. The maximum Gasteiger partial charge on any atom is 0.0277 e. The van der Waals surface area contributed by atoms with Crippen LogP contribution in [-0.4, -0.2) is 0 Å². The first-order chi connectivity index (χ1) is 7.24. The quantitative estimate of drug-likeness (QED) is 0.726. The smallest absolute Gasteiger partial charge is 0.0277 e. The van der Waals surface area contributed by atoms with Gasteiger partial charge in [0.2, 0.25) is 0 Å². The summed E-state index contributed by atoms with van der Waals surface area (Å²) in [6.45, 7) is 0. The highest BCUT2D eigenvalue weighted by Crippen LogP contribution is 2.31. The predicted octanol–water partition coefficient (Wildman–Crippen LogP) is 5.16. The van der Waals surface area contributed by atoms with E-state index in [1.165, 1.54) is 9.79 Å². The van der Waals surface area contributed by atoms with Crippen molar-refractivity contribution in [1.29, 1.82) is 0 Å². The van der Waals surface area contributed by atoms with Crippen molar-refractivity contribution in [3.63, 3.8) is 0 Å². The molecule has 0 atom stereocenters. The van der Waals surface area contributed by atoms with E-state index in [1.807, 2.05) is 18.2 Å². The minimum absolute atomic E-state index is 0.968. The number of hydrogen-bond donors (Lipinski definition) is 0. The van der Waals surface area contributed by atoms with E-state index in [0.29, 0.717) is 0 Å². The second-order valence-corrected chi connectivity index (χ2v) is 5.78. The van der Waals surface area contributed by atoms with E-state index in [9.17, 15) is 0 Å². The molecular formula is C12H7Br2S. The van der Waals surface area contributed by atoms with Crippen molar-refractivity contribution in [3.8, 4) is 0 Å². The Bertz CT molecular complexity index is 434. The van der Waals surface area contributed by atoms with E-state index in [-0.39, 0.29) is 0 Å². The Morgan fingerprint density at radius 1 is 0.867 bits per heavy atom. The molecule has 15 heavy (non-hydrogen) atoms. The molecule has 0 bridgehead atoms. The van der Waals surface area contributed by atoms with Gasteiger partial charge in [0.15, 0.2) is 0 Å². The molecule has 0 heterocycles. The zero-order chi connectivity index (χ0) is 10.7. The Balaban J connectivity index is 2.25. The lowest BCUT2D eigenvalue weighted by molar-refractivity contribution is 1.37. The molecule has 0 aliphatic heterocycles. The first-order valence-corrected chi connectivity index (χ1v) is 6.75. The monoisotopic (exact) mass is 341 g/mol. The fourth-order valence-electron chi connectivity index (χ4n) is 1.16. The van der Waals surface area contributed by atoms with Crippen molar-refractivity contribution < 1.29 is 0 Å². The first kappa shape index (κ1) is 11.2. The maximum absolute atomic E-state index is 3.43. The van der Waals surface area contributed by atoms with Gasteiger partial charge in [0.1, 0.15) is 0 Å². The van der Waals surface area contributed by atoms with Gasteiger partial charge in [-0.15, -0.1) is 0 Å². The summed E-state index contributed by atoms with van der Waals surface area (Å²) in [7, 11) is 0. The predicted molar refractivity (Wildman–Crippen MR) is 71.2 cm³/mol. The van der Waals surface area contributed by atoms with Crippen LogP contribution in [0.2, 0.25) is 0 Å². The molecule has 2 rings (SSSR count). The number of hydrogen-bond acceptors (Lipinski definition) is 1. The highest BCUT2D eigenvalue weighted by atomic mass is 79.9. The van der Waals surface area contributed by atoms with Gasteiger partial charge in [0.05, 0.1) is 0 Å². The third-order valence-electron chi connectivity index (χ3n) is 1.76. The molecule has 75 valence electrons. The Morgan fingerprint density at radius 2 is 1.47 bits per heavy atom. The van der Waals surface area contributed by atoms with E-state index in [1.54, 1.807) is 11.8 Å². The standard InChI is InChI=1S/C12H7Br2S/c13-9-6-10(14)8-12(7-9)15-11-4-2-1-3-5-11/h1-5,7-8H. The van der Waals surface area contributed by atoms with Gasteiger partial charge in [0, 0.05) is 24.8 Å². The van der Waals surface area contributed by atoms with Crippen LogP contribution in [0, 0.1) is 6.07 Å². The minimum Gasteiger partial charge on any atom is -0.0900 e. The summed E-state index contributed by atoms with van der Waals surface area (Å²) in [6.07, 6.45) is 0. The summed E-state index contributed by atoms with van der Waals surface area (Å²) in [5.41, 5.74) is 0. The highest BCUT2D eigenvalue weighted by Gasteiger charge is 2.00. The number of benzene rings is 2. The van der Waals surface area contributed by atoms with Gasteiger partial charge in [-0.25, -0.2) is 0 Å². The maximum atomic E-state index is 3.43. The van der Waals surface area contributed by atoms with Crippen LogP contribution in [0.4, 0.5) is 0 Å². The van der Waals surface area contributed by atoms with Gasteiger partial charge < -0.3 is 0 Å². The van der Waals surface area contributed by atoms with Crippen LogP contribution in [-0.2, 0) is 0 Å². The van der Waals surface area contributed by atoms with E-state index in [0.717, 1.165) is 8.95 Å². The fourth-order valence-corrected chi connectivity index (χ4v) is 3.57. The lowest BCUT2D eigenvalue weighted by Crippen LogP contribution is -1.75. The minimum atomic E-state index is 0.968. The zero-order valence-corrected chi connectivity index (χ0v) is 11.7. The Morgan fingerprint density at radius 3 is 2.07 bits per heavy atom. The Kier molecular flexibility index (Phi) is 3.89. The van der Waals surface area contributed by atoms with Crippen molar-refractivity contribution >= 4 is 43.6 Å². The molecule has 2 aromatic carbocycles. The van der Waals surface area contributed by atoms with E-state index < -0.39 is 0 Å². The van der Waals surface area contributed by atoms with Crippen molar-refractivity contribution in [2.45, 2.75) is 9.79 Å². The second-order valence-electron chi connectivity index (χ2n) is 2.93. The second kappa shape index (κ2) is 5.19. The van der Waals surface area contributed by atoms with Crippen molar-refractivity contribution in [3.05, 3.63) is 57.5 Å². The van der Waals surface area contributed by atoms with Gasteiger partial charge in [-0.2, -0.15) is 0 Å². The van der Waals surface area contributed by atoms with E-state index in [2.05, 4.69) is 62.2 Å². The SMILES string of the molecule is Brc1[c]c(Br)cc(Sc2ccccc2)c1. The Hall–Kier alpha value is -0.250. The van der Waals surface area contributed by atoms with Crippen LogP contribution >= 0.6 is 43.6 Å². The van der Waals surface area contributed by atoms with Crippen molar-refractivity contribution in [1.82, 2.24) is 0 Å². The van der Waals surface area contributed by atoms with Crippen LogP contribution in [0.25, 0.3) is 0 Å². The summed E-state index contributed by atoms with van der Waals surface area (Å²) < 4.78 is 1.94. The third-order valence-corrected chi connectivity index (χ3v) is 3.59. The Labute approximate surface area is 110 Å². The van der Waals surface area contributed by atoms with Crippen LogP contribution in [0.5, 0.6) is 0 Å². The van der Waals surface area contributed by atoms with Gasteiger partial charge in [0.25, 0.3) is 0 Å². The summed E-state index contributed by atoms with van der Waals surface area (Å²) in [4.78, 5) is 2.43. The van der Waals surface area contributed by atoms with Gasteiger partial charge in [-0.3, -0.25) is 0 Å². The largest absolute Gasteiger partial charge is 0.0900 e. The van der Waals surface area contributed by atoms with Gasteiger partial charge in [-0.1, -0.05) is 61.8 Å². The number of halogens is 2. The van der Waals surface area contributed by atoms with Crippen molar-refractivity contribution in [2.24, 2.45) is 0 Å². The highest BCUT2D eigenvalue weighted by molar-refractivity contribution is 9.11. The average Bonchev–Trinajstić information content (AvgIpc) is 2.17. The fraction of sp³-hybridized carbons (Fsp3) is 0. The van der Waals surface area contributed by atoms with Crippen LogP contribution in [0.1, 0.15) is 0 Å². The third kappa shape index (κ3) is 3.37. The molecule has 2 aromatic rings. The molecule has 0 aliphatic carbocycles.